The fourth-order valence-corrected chi connectivity index (χ4v) is 5.31. The molecule has 2 aromatic rings. The highest BCUT2D eigenvalue weighted by Crippen LogP contribution is 2.31. The minimum absolute atomic E-state index is 0.0413. The number of sulfonamides is 1. The summed E-state index contributed by atoms with van der Waals surface area (Å²) in [6, 6.07) is 9.29. The summed E-state index contributed by atoms with van der Waals surface area (Å²) in [6.45, 7) is 0.750. The molecule has 10 heteroatoms. The molecule has 0 atom stereocenters. The van der Waals surface area contributed by atoms with E-state index in [0.717, 1.165) is 12.8 Å². The molecule has 156 valence electrons. The van der Waals surface area contributed by atoms with E-state index < -0.39 is 15.9 Å². The molecule has 6 nitrogen and oxygen atoms in total. The van der Waals surface area contributed by atoms with E-state index in [2.05, 4.69) is 5.32 Å². The van der Waals surface area contributed by atoms with Crippen molar-refractivity contribution in [1.29, 1.82) is 0 Å². The highest BCUT2D eigenvalue weighted by Gasteiger charge is 2.30. The standard InChI is InChI=1S/C19H19Cl3N2O4S/c20-14-4-3-13(16(22)9-14)11-23-19(25)12-28-17-6-5-15(21)10-18(17)29(26,27)24-7-1-2-8-24/h3-6,9-10H,1-2,7-8,11-12H2,(H,23,25). The third-order valence-electron chi connectivity index (χ3n) is 4.44. The van der Waals surface area contributed by atoms with E-state index in [4.69, 9.17) is 39.5 Å². The van der Waals surface area contributed by atoms with Crippen LogP contribution in [0.15, 0.2) is 41.3 Å². The zero-order valence-corrected chi connectivity index (χ0v) is 18.4. The monoisotopic (exact) mass is 476 g/mol. The summed E-state index contributed by atoms with van der Waals surface area (Å²) in [7, 11) is -3.74. The Hall–Kier alpha value is -1.51. The third-order valence-corrected chi connectivity index (χ3v) is 7.18. The van der Waals surface area contributed by atoms with Crippen LogP contribution in [0.1, 0.15) is 18.4 Å². The Balaban J connectivity index is 1.66. The summed E-state index contributed by atoms with van der Waals surface area (Å²) in [6.07, 6.45) is 1.62. The Morgan fingerprint density at radius 2 is 1.69 bits per heavy atom. The predicted molar refractivity (Wildman–Crippen MR) is 113 cm³/mol. The van der Waals surface area contributed by atoms with Gasteiger partial charge in [0.25, 0.3) is 5.91 Å². The molecule has 1 saturated heterocycles. The Morgan fingerprint density at radius 1 is 1.03 bits per heavy atom. The van der Waals surface area contributed by atoms with Crippen LogP contribution in [-0.4, -0.2) is 38.3 Å². The van der Waals surface area contributed by atoms with E-state index in [9.17, 15) is 13.2 Å². The number of benzene rings is 2. The minimum atomic E-state index is -3.74. The fraction of sp³-hybridized carbons (Fsp3) is 0.316. The third kappa shape index (κ3) is 5.55. The molecule has 1 aliphatic heterocycles. The van der Waals surface area contributed by atoms with Gasteiger partial charge in [-0.2, -0.15) is 4.31 Å². The lowest BCUT2D eigenvalue weighted by molar-refractivity contribution is -0.123. The van der Waals surface area contributed by atoms with Crippen molar-refractivity contribution < 1.29 is 17.9 Å². The second-order valence-corrected chi connectivity index (χ2v) is 9.69. The maximum atomic E-state index is 12.9. The number of hydrogen-bond acceptors (Lipinski definition) is 4. The molecule has 0 aromatic heterocycles. The molecule has 1 heterocycles. The smallest absolute Gasteiger partial charge is 0.258 e. The zero-order valence-electron chi connectivity index (χ0n) is 15.3. The number of halogens is 3. The van der Waals surface area contributed by atoms with Crippen molar-refractivity contribution in [3.63, 3.8) is 0 Å². The number of carbonyl (C=O) groups excluding carboxylic acids is 1. The number of nitrogens with one attached hydrogen (secondary N) is 1. The van der Waals surface area contributed by atoms with E-state index in [-0.39, 0.29) is 28.8 Å². The van der Waals surface area contributed by atoms with Gasteiger partial charge in [0.05, 0.1) is 0 Å². The van der Waals surface area contributed by atoms with E-state index >= 15 is 0 Å². The van der Waals surface area contributed by atoms with Crippen LogP contribution < -0.4 is 10.1 Å². The summed E-state index contributed by atoms with van der Waals surface area (Å²) in [5.74, 6) is -0.337. The van der Waals surface area contributed by atoms with Gasteiger partial charge in [-0.25, -0.2) is 8.42 Å². The second kappa shape index (κ2) is 9.53. The first-order valence-electron chi connectivity index (χ1n) is 8.90. The molecular formula is C19H19Cl3N2O4S. The molecular weight excluding hydrogens is 459 g/mol. The Morgan fingerprint density at radius 3 is 2.38 bits per heavy atom. The number of rotatable bonds is 7. The van der Waals surface area contributed by atoms with Crippen molar-refractivity contribution >= 4 is 50.7 Å². The highest BCUT2D eigenvalue weighted by molar-refractivity contribution is 7.89. The van der Waals surface area contributed by atoms with E-state index in [1.807, 2.05) is 0 Å². The predicted octanol–water partition coefficient (Wildman–Crippen LogP) is 4.13. The molecule has 0 radical (unpaired) electrons. The molecule has 1 amide bonds. The number of nitrogens with zero attached hydrogens (tertiary/aromatic N) is 1. The molecule has 0 saturated carbocycles. The number of ether oxygens (including phenoxy) is 1. The lowest BCUT2D eigenvalue weighted by Crippen LogP contribution is -2.30. The van der Waals surface area contributed by atoms with Crippen molar-refractivity contribution in [3.05, 3.63) is 57.0 Å². The van der Waals surface area contributed by atoms with Gasteiger partial charge in [-0.1, -0.05) is 40.9 Å². The molecule has 1 N–H and O–H groups in total. The van der Waals surface area contributed by atoms with E-state index in [1.54, 1.807) is 18.2 Å². The van der Waals surface area contributed by atoms with Crippen LogP contribution in [0.2, 0.25) is 15.1 Å². The van der Waals surface area contributed by atoms with E-state index in [0.29, 0.717) is 28.7 Å². The van der Waals surface area contributed by atoms with Crippen molar-refractivity contribution in [2.75, 3.05) is 19.7 Å². The van der Waals surface area contributed by atoms with Gasteiger partial charge in [0.2, 0.25) is 10.0 Å². The first-order chi connectivity index (χ1) is 13.8. The molecule has 29 heavy (non-hydrogen) atoms. The van der Waals surface area contributed by atoms with Crippen molar-refractivity contribution in [2.45, 2.75) is 24.3 Å². The van der Waals surface area contributed by atoms with Crippen LogP contribution >= 0.6 is 34.8 Å². The molecule has 0 unspecified atom stereocenters. The Labute approximate surface area is 184 Å². The maximum absolute atomic E-state index is 12.9. The molecule has 0 bridgehead atoms. The van der Waals surface area contributed by atoms with Crippen LogP contribution in [0.5, 0.6) is 5.75 Å². The molecule has 1 fully saturated rings. The molecule has 1 aliphatic rings. The van der Waals surface area contributed by atoms with Gasteiger partial charge in [0.15, 0.2) is 6.61 Å². The first kappa shape index (κ1) is 22.2. The SMILES string of the molecule is O=C(COc1ccc(Cl)cc1S(=O)(=O)N1CCCC1)NCc1ccc(Cl)cc1Cl. The topological polar surface area (TPSA) is 75.7 Å². The molecule has 0 aliphatic carbocycles. The van der Waals surface area contributed by atoms with Crippen LogP contribution in [0.4, 0.5) is 0 Å². The largest absolute Gasteiger partial charge is 0.482 e. The molecule has 3 rings (SSSR count). The number of amides is 1. The number of carbonyl (C=O) groups is 1. The lowest BCUT2D eigenvalue weighted by Gasteiger charge is -2.18. The van der Waals surface area contributed by atoms with Crippen LogP contribution in [0.3, 0.4) is 0 Å². The van der Waals surface area contributed by atoms with Gasteiger partial charge in [-0.05, 0) is 48.7 Å². The van der Waals surface area contributed by atoms with Gasteiger partial charge >= 0.3 is 0 Å². The Kier molecular flexibility index (Phi) is 7.29. The van der Waals surface area contributed by atoms with Gasteiger partial charge in [0, 0.05) is 34.7 Å². The quantitative estimate of drug-likeness (QED) is 0.651. The average molecular weight is 478 g/mol. The van der Waals surface area contributed by atoms with Gasteiger partial charge in [-0.3, -0.25) is 4.79 Å². The fourth-order valence-electron chi connectivity index (χ4n) is 2.92. The zero-order chi connectivity index (χ0) is 21.0. The highest BCUT2D eigenvalue weighted by atomic mass is 35.5. The summed E-state index contributed by atoms with van der Waals surface area (Å²) in [5, 5.41) is 3.89. The second-order valence-electron chi connectivity index (χ2n) is 6.50. The van der Waals surface area contributed by atoms with Crippen LogP contribution in [0, 0.1) is 0 Å². The number of hydrogen-bond donors (Lipinski definition) is 1. The summed E-state index contributed by atoms with van der Waals surface area (Å²) >= 11 is 17.9. The van der Waals surface area contributed by atoms with Crippen molar-refractivity contribution in [2.24, 2.45) is 0 Å². The van der Waals surface area contributed by atoms with E-state index in [1.165, 1.54) is 22.5 Å². The summed E-state index contributed by atoms with van der Waals surface area (Å²) in [5.41, 5.74) is 0.702. The summed E-state index contributed by atoms with van der Waals surface area (Å²) in [4.78, 5) is 12.1. The normalized spacial score (nSPS) is 14.7. The maximum Gasteiger partial charge on any atom is 0.258 e. The van der Waals surface area contributed by atoms with Gasteiger partial charge < -0.3 is 10.1 Å². The average Bonchev–Trinajstić information content (AvgIpc) is 3.22. The van der Waals surface area contributed by atoms with Crippen LogP contribution in [0.25, 0.3) is 0 Å². The lowest BCUT2D eigenvalue weighted by atomic mass is 10.2. The van der Waals surface area contributed by atoms with Gasteiger partial charge in [0.1, 0.15) is 10.6 Å². The summed E-state index contributed by atoms with van der Waals surface area (Å²) < 4.78 is 32.7. The minimum Gasteiger partial charge on any atom is -0.482 e. The molecule has 2 aromatic carbocycles. The van der Waals surface area contributed by atoms with Gasteiger partial charge in [-0.15, -0.1) is 0 Å². The molecule has 0 spiro atoms. The Bertz CT molecular complexity index is 1010. The first-order valence-corrected chi connectivity index (χ1v) is 11.5. The van der Waals surface area contributed by atoms with Crippen LogP contribution in [-0.2, 0) is 21.4 Å². The van der Waals surface area contributed by atoms with Crippen molar-refractivity contribution in [1.82, 2.24) is 9.62 Å². The van der Waals surface area contributed by atoms with Crippen molar-refractivity contribution in [3.8, 4) is 5.75 Å².